The predicted molar refractivity (Wildman–Crippen MR) is 136 cm³/mol. The van der Waals surface area contributed by atoms with Crippen LogP contribution in [0.4, 0.5) is 4.79 Å². The third-order valence-corrected chi connectivity index (χ3v) is 7.02. The first-order valence-corrected chi connectivity index (χ1v) is 12.2. The first-order chi connectivity index (χ1) is 17.0. The molecule has 2 aliphatic rings. The van der Waals surface area contributed by atoms with Gasteiger partial charge < -0.3 is 14.4 Å². The molecule has 2 fully saturated rings. The summed E-state index contributed by atoms with van der Waals surface area (Å²) in [5, 5.41) is 0.747. The number of likely N-dealkylation sites (tertiary alicyclic amines) is 1. The lowest BCUT2D eigenvalue weighted by Gasteiger charge is -2.42. The van der Waals surface area contributed by atoms with Gasteiger partial charge in [0.25, 0.3) is 5.91 Å². The number of hydrogen-bond acceptors (Lipinski definition) is 5. The van der Waals surface area contributed by atoms with Gasteiger partial charge in [-0.2, -0.15) is 0 Å². The van der Waals surface area contributed by atoms with Gasteiger partial charge in [-0.15, -0.1) is 0 Å². The summed E-state index contributed by atoms with van der Waals surface area (Å²) in [6, 6.07) is 17.2. The Morgan fingerprint density at radius 1 is 1.06 bits per heavy atom. The summed E-state index contributed by atoms with van der Waals surface area (Å²) in [6.07, 6.45) is 3.09. The molecule has 186 valence electrons. The second kappa shape index (κ2) is 11.2. The molecule has 0 unspecified atom stereocenters. The van der Waals surface area contributed by atoms with E-state index in [9.17, 15) is 9.59 Å². The zero-order chi connectivity index (χ0) is 24.8. The van der Waals surface area contributed by atoms with E-state index in [1.54, 1.807) is 19.1 Å². The van der Waals surface area contributed by atoms with Crippen molar-refractivity contribution in [3.63, 3.8) is 0 Å². The summed E-state index contributed by atoms with van der Waals surface area (Å²) in [7, 11) is 3.20. The lowest BCUT2D eigenvalue weighted by Crippen LogP contribution is -2.57. The highest BCUT2D eigenvalue weighted by Crippen LogP contribution is 2.38. The van der Waals surface area contributed by atoms with Crippen molar-refractivity contribution >= 4 is 29.6 Å². The quantitative estimate of drug-likeness (QED) is 0.485. The summed E-state index contributed by atoms with van der Waals surface area (Å²) < 4.78 is 10.6. The second-order valence-corrected chi connectivity index (χ2v) is 9.46. The minimum Gasteiger partial charge on any atom is -0.497 e. The van der Waals surface area contributed by atoms with Crippen LogP contribution in [0.3, 0.4) is 0 Å². The fourth-order valence-corrected chi connectivity index (χ4v) is 5.22. The molecule has 2 heterocycles. The smallest absolute Gasteiger partial charge is 0.328 e. The van der Waals surface area contributed by atoms with Gasteiger partial charge in [-0.1, -0.05) is 54.1 Å². The number of hydrogen-bond donors (Lipinski definition) is 0. The first-order valence-electron chi connectivity index (χ1n) is 11.9. The van der Waals surface area contributed by atoms with Gasteiger partial charge in [0.15, 0.2) is 0 Å². The lowest BCUT2D eigenvalue weighted by atomic mass is 9.85. The van der Waals surface area contributed by atoms with E-state index in [1.165, 1.54) is 4.90 Å². The third-order valence-electron chi connectivity index (χ3n) is 6.80. The molecule has 0 atom stereocenters. The molecule has 0 N–H and O–H groups in total. The maximum absolute atomic E-state index is 13.7. The zero-order valence-corrected chi connectivity index (χ0v) is 21.0. The Hall–Kier alpha value is -2.87. The van der Waals surface area contributed by atoms with E-state index in [1.807, 2.05) is 60.7 Å². The average Bonchev–Trinajstić information content (AvgIpc) is 3.05. The molecule has 0 bridgehead atoms. The number of urea groups is 1. The van der Waals surface area contributed by atoms with E-state index in [0.717, 1.165) is 16.2 Å². The van der Waals surface area contributed by atoms with Crippen LogP contribution in [0.25, 0.3) is 6.08 Å². The van der Waals surface area contributed by atoms with E-state index in [0.29, 0.717) is 51.4 Å². The molecule has 35 heavy (non-hydrogen) atoms. The number of carbonyl (C=O) groups excluding carboxylic acids is 2. The Morgan fingerprint density at radius 3 is 2.49 bits per heavy atom. The second-order valence-electron chi connectivity index (χ2n) is 8.98. The van der Waals surface area contributed by atoms with E-state index >= 15 is 0 Å². The third kappa shape index (κ3) is 5.53. The predicted octanol–water partition coefficient (Wildman–Crippen LogP) is 4.22. The Labute approximate surface area is 211 Å². The fraction of sp³-hybridized carbons (Fsp3) is 0.407. The van der Waals surface area contributed by atoms with Crippen LogP contribution in [0.2, 0.25) is 0 Å². The Morgan fingerprint density at radius 2 is 1.80 bits per heavy atom. The van der Waals surface area contributed by atoms with Crippen LogP contribution in [-0.4, -0.2) is 79.2 Å². The van der Waals surface area contributed by atoms with E-state index < -0.39 is 5.54 Å². The number of ether oxygens (including phenoxy) is 2. The summed E-state index contributed by atoms with van der Waals surface area (Å²) >= 11 is 6.54. The number of benzene rings is 2. The first kappa shape index (κ1) is 25.2. The summed E-state index contributed by atoms with van der Waals surface area (Å²) in [5.74, 6) is 0.563. The summed E-state index contributed by atoms with van der Waals surface area (Å²) in [6.45, 7) is 2.94. The molecule has 4 rings (SSSR count). The molecule has 7 nitrogen and oxygen atoms in total. The van der Waals surface area contributed by atoms with Gasteiger partial charge in [-0.25, -0.2) is 4.79 Å². The molecule has 2 aliphatic heterocycles. The van der Waals surface area contributed by atoms with Gasteiger partial charge in [0, 0.05) is 38.3 Å². The Balaban J connectivity index is 1.48. The van der Waals surface area contributed by atoms with Gasteiger partial charge in [0.05, 0.1) is 20.3 Å². The van der Waals surface area contributed by atoms with Crippen molar-refractivity contribution < 1.29 is 19.1 Å². The van der Waals surface area contributed by atoms with E-state index in [2.05, 4.69) is 4.90 Å². The number of carbonyl (C=O) groups is 2. The molecule has 0 aromatic heterocycles. The maximum atomic E-state index is 13.7. The van der Waals surface area contributed by atoms with Gasteiger partial charge in [0.2, 0.25) is 0 Å². The van der Waals surface area contributed by atoms with Crippen LogP contribution >= 0.6 is 11.6 Å². The molecule has 1 spiro atoms. The summed E-state index contributed by atoms with van der Waals surface area (Å²) in [4.78, 5) is 32.5. The number of piperidine rings is 1. The topological polar surface area (TPSA) is 62.3 Å². The molecule has 0 aliphatic carbocycles. The van der Waals surface area contributed by atoms with E-state index in [4.69, 9.17) is 21.1 Å². The van der Waals surface area contributed by atoms with Gasteiger partial charge in [-0.05, 0) is 42.2 Å². The van der Waals surface area contributed by atoms with Crippen LogP contribution in [-0.2, 0) is 16.1 Å². The fourth-order valence-electron chi connectivity index (χ4n) is 4.92. The van der Waals surface area contributed by atoms with Crippen molar-refractivity contribution in [2.75, 3.05) is 47.0 Å². The van der Waals surface area contributed by atoms with Crippen LogP contribution in [0, 0.1) is 0 Å². The van der Waals surface area contributed by atoms with E-state index in [-0.39, 0.29) is 18.5 Å². The standard InChI is InChI=1S/C27H32ClN3O4/c1-34-16-15-31-26(33)30(19-22-9-6-10-24(18-22)35-2)25(32)27(31)11-13-29(14-12-27)20-23(28)17-21-7-4-3-5-8-21/h3-10,17-18H,11-16,19-20H2,1-2H3. The normalized spacial score (nSPS) is 18.5. The minimum atomic E-state index is -0.847. The minimum absolute atomic E-state index is 0.132. The summed E-state index contributed by atoms with van der Waals surface area (Å²) in [5.41, 5.74) is 1.06. The van der Waals surface area contributed by atoms with Crippen molar-refractivity contribution in [1.29, 1.82) is 0 Å². The van der Waals surface area contributed by atoms with Gasteiger partial charge in [0.1, 0.15) is 11.3 Å². The molecule has 0 saturated carbocycles. The maximum Gasteiger partial charge on any atom is 0.328 e. The number of nitrogens with zero attached hydrogens (tertiary/aromatic N) is 3. The number of amides is 3. The number of imide groups is 1. The highest BCUT2D eigenvalue weighted by atomic mass is 35.5. The van der Waals surface area contributed by atoms with Crippen LogP contribution in [0.15, 0.2) is 59.6 Å². The SMILES string of the molecule is COCCN1C(=O)N(Cc2cccc(OC)c2)C(=O)C12CCN(CC(Cl)=Cc1ccccc1)CC2. The molecule has 2 aromatic rings. The van der Waals surface area contributed by atoms with Crippen molar-refractivity contribution in [2.45, 2.75) is 24.9 Å². The highest BCUT2D eigenvalue weighted by Gasteiger charge is 2.57. The van der Waals surface area contributed by atoms with Crippen molar-refractivity contribution in [1.82, 2.24) is 14.7 Å². The molecule has 0 radical (unpaired) electrons. The van der Waals surface area contributed by atoms with Crippen molar-refractivity contribution in [3.05, 3.63) is 70.8 Å². The highest BCUT2D eigenvalue weighted by molar-refractivity contribution is 6.31. The number of halogens is 1. The van der Waals surface area contributed by atoms with Gasteiger partial charge in [-0.3, -0.25) is 14.6 Å². The van der Waals surface area contributed by atoms with Crippen LogP contribution in [0.1, 0.15) is 24.0 Å². The molecule has 2 aromatic carbocycles. The van der Waals surface area contributed by atoms with Gasteiger partial charge >= 0.3 is 6.03 Å². The number of rotatable bonds is 9. The molecule has 3 amide bonds. The zero-order valence-electron chi connectivity index (χ0n) is 20.3. The number of methoxy groups -OCH3 is 2. The largest absolute Gasteiger partial charge is 0.497 e. The van der Waals surface area contributed by atoms with Crippen LogP contribution < -0.4 is 4.74 Å². The molecule has 2 saturated heterocycles. The van der Waals surface area contributed by atoms with Crippen molar-refractivity contribution in [3.8, 4) is 5.75 Å². The monoisotopic (exact) mass is 497 g/mol. The van der Waals surface area contributed by atoms with Crippen LogP contribution in [0.5, 0.6) is 5.75 Å². The molecular weight excluding hydrogens is 466 g/mol. The van der Waals surface area contributed by atoms with Crippen molar-refractivity contribution in [2.24, 2.45) is 0 Å². The Kier molecular flexibility index (Phi) is 8.11. The lowest BCUT2D eigenvalue weighted by molar-refractivity contribution is -0.136. The Bertz CT molecular complexity index is 1070. The molecule has 8 heteroatoms. The average molecular weight is 498 g/mol. The molecular formula is C27H32ClN3O4.